The molecule has 1 heterocycles. The zero-order chi connectivity index (χ0) is 19.1. The first kappa shape index (κ1) is 20.2. The van der Waals surface area contributed by atoms with Crippen LogP contribution >= 0.6 is 34.5 Å². The Hall–Kier alpha value is -2.09. The highest BCUT2D eigenvalue weighted by Crippen LogP contribution is 2.26. The smallest absolute Gasteiger partial charge is 0.358 e. The maximum absolute atomic E-state index is 12.0. The van der Waals surface area contributed by atoms with Crippen LogP contribution in [0.25, 0.3) is 0 Å². The molecule has 0 aliphatic heterocycles. The van der Waals surface area contributed by atoms with E-state index in [1.54, 1.807) is 36.6 Å². The van der Waals surface area contributed by atoms with Crippen molar-refractivity contribution in [1.82, 2.24) is 10.3 Å². The fraction of sp³-hybridized carbons (Fsp3) is 0.235. The summed E-state index contributed by atoms with van der Waals surface area (Å²) in [5.41, 5.74) is 0.858. The summed E-state index contributed by atoms with van der Waals surface area (Å²) in [5.74, 6) is -1.11. The van der Waals surface area contributed by atoms with Gasteiger partial charge in [-0.1, -0.05) is 35.3 Å². The highest BCUT2D eigenvalue weighted by Gasteiger charge is 2.17. The van der Waals surface area contributed by atoms with Crippen LogP contribution in [0, 0.1) is 0 Å². The molecule has 0 radical (unpaired) electrons. The Morgan fingerprint density at radius 2 is 2.19 bits per heavy atom. The predicted octanol–water partition coefficient (Wildman–Crippen LogP) is 4.08. The molecule has 138 valence electrons. The van der Waals surface area contributed by atoms with Gasteiger partial charge in [-0.2, -0.15) is 0 Å². The van der Waals surface area contributed by atoms with Gasteiger partial charge in [-0.3, -0.25) is 4.79 Å². The van der Waals surface area contributed by atoms with Crippen LogP contribution in [-0.4, -0.2) is 30.0 Å². The van der Waals surface area contributed by atoms with E-state index in [-0.39, 0.29) is 11.7 Å². The van der Waals surface area contributed by atoms with Gasteiger partial charge in [0.1, 0.15) is 0 Å². The summed E-state index contributed by atoms with van der Waals surface area (Å²) >= 11 is 13.2. The number of amides is 1. The maximum atomic E-state index is 12.0. The second-order valence-corrected chi connectivity index (χ2v) is 6.94. The molecular weight excluding hydrogens is 397 g/mol. The number of nitrogens with one attached hydrogen (secondary N) is 2. The zero-order valence-corrected chi connectivity index (χ0v) is 16.2. The number of carbonyl (C=O) groups excluding carboxylic acids is 2. The number of ether oxygens (including phenoxy) is 1. The molecule has 1 unspecified atom stereocenters. The summed E-state index contributed by atoms with van der Waals surface area (Å²) in [7, 11) is 0. The van der Waals surface area contributed by atoms with Crippen LogP contribution in [0.1, 0.15) is 29.0 Å². The van der Waals surface area contributed by atoms with E-state index >= 15 is 0 Å². The second-order valence-electron chi connectivity index (χ2n) is 5.24. The zero-order valence-electron chi connectivity index (χ0n) is 13.9. The molecule has 1 aromatic heterocycles. The topological polar surface area (TPSA) is 80.3 Å². The molecule has 6 nitrogen and oxygen atoms in total. The van der Waals surface area contributed by atoms with Crippen molar-refractivity contribution in [2.75, 3.05) is 18.5 Å². The highest BCUT2D eigenvalue weighted by atomic mass is 35.5. The predicted molar refractivity (Wildman–Crippen MR) is 104 cm³/mol. The average Bonchev–Trinajstić information content (AvgIpc) is 3.06. The Labute approximate surface area is 165 Å². The minimum atomic E-state index is -0.666. The average molecular weight is 414 g/mol. The molecule has 1 atom stereocenters. The van der Waals surface area contributed by atoms with Crippen molar-refractivity contribution >= 4 is 51.5 Å². The molecule has 0 aliphatic carbocycles. The van der Waals surface area contributed by atoms with Crippen molar-refractivity contribution in [2.45, 2.75) is 13.0 Å². The number of rotatable bonds is 8. The van der Waals surface area contributed by atoms with Crippen LogP contribution in [0.15, 0.2) is 36.2 Å². The van der Waals surface area contributed by atoms with Gasteiger partial charge >= 0.3 is 5.97 Å². The lowest BCUT2D eigenvalue weighted by Crippen LogP contribution is -2.31. The molecule has 2 rings (SSSR count). The third-order valence-electron chi connectivity index (χ3n) is 3.25. The SMILES string of the molecule is C=CCNc1nc(C(=O)OCC(=O)NC(C)c2ccc(Cl)cc2Cl)cs1. The molecule has 0 spiro atoms. The number of carbonyl (C=O) groups is 2. The van der Waals surface area contributed by atoms with Crippen LogP contribution < -0.4 is 10.6 Å². The van der Waals surface area contributed by atoms with Gasteiger partial charge in [-0.05, 0) is 24.6 Å². The van der Waals surface area contributed by atoms with E-state index in [0.717, 1.165) is 0 Å². The molecule has 0 aliphatic rings. The Bertz CT molecular complexity index is 810. The van der Waals surface area contributed by atoms with Gasteiger partial charge in [0.15, 0.2) is 17.4 Å². The summed E-state index contributed by atoms with van der Waals surface area (Å²) in [6, 6.07) is 4.65. The number of thiazole rings is 1. The molecule has 0 saturated heterocycles. The van der Waals surface area contributed by atoms with Gasteiger partial charge in [0, 0.05) is 22.0 Å². The first-order chi connectivity index (χ1) is 12.4. The number of aromatic nitrogens is 1. The summed E-state index contributed by atoms with van der Waals surface area (Å²) in [4.78, 5) is 28.0. The van der Waals surface area contributed by atoms with Gasteiger partial charge in [-0.25, -0.2) is 9.78 Å². The fourth-order valence-corrected chi connectivity index (χ4v) is 3.29. The van der Waals surface area contributed by atoms with Crippen molar-refractivity contribution in [3.05, 3.63) is 57.5 Å². The quantitative estimate of drug-likeness (QED) is 0.503. The van der Waals surface area contributed by atoms with Crippen LogP contribution in [0.3, 0.4) is 0 Å². The monoisotopic (exact) mass is 413 g/mol. The molecule has 26 heavy (non-hydrogen) atoms. The molecule has 0 bridgehead atoms. The van der Waals surface area contributed by atoms with Gasteiger partial charge in [0.05, 0.1) is 6.04 Å². The van der Waals surface area contributed by atoms with Crippen LogP contribution in [0.4, 0.5) is 5.13 Å². The number of hydrogen-bond donors (Lipinski definition) is 2. The molecule has 1 amide bonds. The summed E-state index contributed by atoms with van der Waals surface area (Å²) in [5, 5.41) is 8.77. The number of benzene rings is 1. The van der Waals surface area contributed by atoms with Gasteiger partial charge in [-0.15, -0.1) is 17.9 Å². The summed E-state index contributed by atoms with van der Waals surface area (Å²) in [6.07, 6.45) is 1.68. The Kier molecular flexibility index (Phi) is 7.44. The number of hydrogen-bond acceptors (Lipinski definition) is 6. The fourth-order valence-electron chi connectivity index (χ4n) is 2.03. The Morgan fingerprint density at radius 3 is 2.88 bits per heavy atom. The Morgan fingerprint density at radius 1 is 1.42 bits per heavy atom. The lowest BCUT2D eigenvalue weighted by molar-refractivity contribution is -0.124. The number of halogens is 2. The third-order valence-corrected chi connectivity index (χ3v) is 4.61. The Balaban J connectivity index is 1.84. The van der Waals surface area contributed by atoms with Gasteiger partial charge < -0.3 is 15.4 Å². The summed E-state index contributed by atoms with van der Waals surface area (Å²) < 4.78 is 4.98. The van der Waals surface area contributed by atoms with Crippen LogP contribution in [-0.2, 0) is 9.53 Å². The molecule has 0 saturated carbocycles. The van der Waals surface area contributed by atoms with E-state index in [0.29, 0.717) is 27.3 Å². The maximum Gasteiger partial charge on any atom is 0.358 e. The van der Waals surface area contributed by atoms with E-state index in [4.69, 9.17) is 27.9 Å². The second kappa shape index (κ2) is 9.56. The van der Waals surface area contributed by atoms with Crippen molar-refractivity contribution in [2.24, 2.45) is 0 Å². The normalized spacial score (nSPS) is 11.5. The first-order valence-corrected chi connectivity index (χ1v) is 9.26. The van der Waals surface area contributed by atoms with Crippen LogP contribution in [0.5, 0.6) is 0 Å². The number of nitrogens with zero attached hydrogens (tertiary/aromatic N) is 1. The first-order valence-electron chi connectivity index (χ1n) is 7.62. The van der Waals surface area contributed by atoms with Crippen LogP contribution in [0.2, 0.25) is 10.0 Å². The summed E-state index contributed by atoms with van der Waals surface area (Å²) in [6.45, 7) is 5.48. The van der Waals surface area contributed by atoms with Crippen molar-refractivity contribution < 1.29 is 14.3 Å². The highest BCUT2D eigenvalue weighted by molar-refractivity contribution is 7.13. The molecule has 0 fully saturated rings. The van der Waals surface area contributed by atoms with Crippen molar-refractivity contribution in [3.63, 3.8) is 0 Å². The number of anilines is 1. The van der Waals surface area contributed by atoms with E-state index in [1.165, 1.54) is 11.3 Å². The standard InChI is InChI=1S/C17H17Cl2N3O3S/c1-3-6-20-17-22-14(9-26-17)16(24)25-8-15(23)21-10(2)12-5-4-11(18)7-13(12)19/h3-5,7,9-10H,1,6,8H2,2H3,(H,20,22)(H,21,23). The van der Waals surface area contributed by atoms with Gasteiger partial charge in [0.25, 0.3) is 5.91 Å². The lowest BCUT2D eigenvalue weighted by Gasteiger charge is -2.15. The van der Waals surface area contributed by atoms with E-state index in [2.05, 4.69) is 22.2 Å². The van der Waals surface area contributed by atoms with E-state index in [9.17, 15) is 9.59 Å². The molecule has 1 aromatic carbocycles. The van der Waals surface area contributed by atoms with Gasteiger partial charge in [0.2, 0.25) is 0 Å². The third kappa shape index (κ3) is 5.72. The van der Waals surface area contributed by atoms with Crippen molar-refractivity contribution in [1.29, 1.82) is 0 Å². The largest absolute Gasteiger partial charge is 0.451 e. The molecule has 2 N–H and O–H groups in total. The molecule has 9 heteroatoms. The molecular formula is C17H17Cl2N3O3S. The lowest BCUT2D eigenvalue weighted by atomic mass is 10.1. The van der Waals surface area contributed by atoms with Crippen molar-refractivity contribution in [3.8, 4) is 0 Å². The van der Waals surface area contributed by atoms with E-state index in [1.807, 2.05) is 0 Å². The van der Waals surface area contributed by atoms with E-state index < -0.39 is 18.5 Å². The minimum Gasteiger partial charge on any atom is -0.451 e. The number of esters is 1. The minimum absolute atomic E-state index is 0.142. The molecule has 2 aromatic rings.